The lowest BCUT2D eigenvalue weighted by Crippen LogP contribution is -2.38. The van der Waals surface area contributed by atoms with Gasteiger partial charge in [-0.2, -0.15) is 0 Å². The van der Waals surface area contributed by atoms with Crippen LogP contribution in [0, 0.1) is 0 Å². The van der Waals surface area contributed by atoms with Crippen molar-refractivity contribution >= 4 is 22.8 Å². The highest BCUT2D eigenvalue weighted by atomic mass is 16.2. The highest BCUT2D eigenvalue weighted by Gasteiger charge is 2.28. The molecule has 9 heteroatoms. The summed E-state index contributed by atoms with van der Waals surface area (Å²) in [4.78, 5) is 36.8. The van der Waals surface area contributed by atoms with Crippen LogP contribution in [0.4, 0.5) is 5.69 Å². The van der Waals surface area contributed by atoms with Gasteiger partial charge in [-0.05, 0) is 49.1 Å². The highest BCUT2D eigenvalue weighted by molar-refractivity contribution is 6.08. The number of hydrogen-bond donors (Lipinski definition) is 3. The lowest BCUT2D eigenvalue weighted by molar-refractivity contribution is -0.114. The summed E-state index contributed by atoms with van der Waals surface area (Å²) in [7, 11) is 0. The second-order valence-electron chi connectivity index (χ2n) is 8.90. The molecule has 2 aromatic heterocycles. The number of amides is 1. The molecule has 5 N–H and O–H groups in total. The van der Waals surface area contributed by atoms with Gasteiger partial charge in [0, 0.05) is 49.3 Å². The van der Waals surface area contributed by atoms with E-state index in [4.69, 9.17) is 11.5 Å². The molecule has 9 nitrogen and oxygen atoms in total. The van der Waals surface area contributed by atoms with E-state index in [-0.39, 0.29) is 17.6 Å². The monoisotopic (exact) mass is 471 g/mol. The fourth-order valence-corrected chi connectivity index (χ4v) is 5.08. The van der Waals surface area contributed by atoms with Gasteiger partial charge >= 0.3 is 5.69 Å². The second-order valence-corrected chi connectivity index (χ2v) is 8.90. The molecule has 0 aliphatic carbocycles. The number of H-pyrrole nitrogens is 1. The average Bonchev–Trinajstić information content (AvgIpc) is 3.46. The minimum Gasteiger partial charge on any atom is -0.403 e. The van der Waals surface area contributed by atoms with Gasteiger partial charge < -0.3 is 21.3 Å². The molecule has 1 saturated heterocycles. The first kappa shape index (κ1) is 22.5. The number of likely N-dealkylation sites (tertiary alicyclic amines) is 1. The van der Waals surface area contributed by atoms with E-state index in [1.54, 1.807) is 21.7 Å². The zero-order valence-electron chi connectivity index (χ0n) is 19.5. The minimum atomic E-state index is -0.154. The van der Waals surface area contributed by atoms with E-state index < -0.39 is 0 Å². The molecule has 5 rings (SSSR count). The maximum atomic E-state index is 13.2. The number of carbonyl (C=O) groups excluding carboxylic acids is 1. The van der Waals surface area contributed by atoms with Gasteiger partial charge in [0.15, 0.2) is 5.65 Å². The third kappa shape index (κ3) is 4.09. The van der Waals surface area contributed by atoms with Crippen LogP contribution < -0.4 is 22.1 Å². The summed E-state index contributed by atoms with van der Waals surface area (Å²) in [6.45, 7) is 5.98. The summed E-state index contributed by atoms with van der Waals surface area (Å²) in [5.74, 6) is -0.148. The van der Waals surface area contributed by atoms with Gasteiger partial charge in [-0.15, -0.1) is 0 Å². The summed E-state index contributed by atoms with van der Waals surface area (Å²) in [5, 5.41) is 0. The van der Waals surface area contributed by atoms with Crippen molar-refractivity contribution in [2.45, 2.75) is 25.3 Å². The average molecular weight is 472 g/mol. The fraction of sp³-hybridized carbons (Fsp3) is 0.269. The number of rotatable bonds is 5. The van der Waals surface area contributed by atoms with E-state index in [1.807, 2.05) is 36.4 Å². The first-order valence-electron chi connectivity index (χ1n) is 11.8. The van der Waals surface area contributed by atoms with Crippen LogP contribution in [0.25, 0.3) is 11.2 Å². The van der Waals surface area contributed by atoms with Gasteiger partial charge in [0.25, 0.3) is 5.91 Å². The standard InChI is InChI=1S/C26H29N7O2/c1-17(25(34)32-14-8-18-5-2-3-6-21(18)32)15-23(20(28)16-27)31-12-9-19(10-13-31)33-22-7-4-11-29-24(22)30-26(33)35/h2-7,11,15-16,19H,1,8-10,12-14,27-28H2,(H,29,30,35)/b20-16+,23-15+. The van der Waals surface area contributed by atoms with E-state index in [1.165, 1.54) is 6.20 Å². The summed E-state index contributed by atoms with van der Waals surface area (Å²) in [6, 6.07) is 11.7. The maximum absolute atomic E-state index is 13.2. The molecular weight excluding hydrogens is 442 g/mol. The van der Waals surface area contributed by atoms with Crippen LogP contribution in [0.2, 0.25) is 0 Å². The highest BCUT2D eigenvalue weighted by Crippen LogP contribution is 2.30. The molecule has 1 aromatic carbocycles. The van der Waals surface area contributed by atoms with Crippen molar-refractivity contribution in [2.24, 2.45) is 11.5 Å². The number of pyridine rings is 1. The van der Waals surface area contributed by atoms with Crippen molar-refractivity contribution in [1.82, 2.24) is 19.4 Å². The van der Waals surface area contributed by atoms with Crippen LogP contribution in [0.1, 0.15) is 24.4 Å². The number of aromatic amines is 1. The predicted molar refractivity (Wildman–Crippen MR) is 136 cm³/mol. The predicted octanol–water partition coefficient (Wildman–Crippen LogP) is 2.15. The third-order valence-electron chi connectivity index (χ3n) is 6.85. The van der Waals surface area contributed by atoms with Gasteiger partial charge in [-0.1, -0.05) is 24.8 Å². The van der Waals surface area contributed by atoms with Gasteiger partial charge in [0.2, 0.25) is 0 Å². The van der Waals surface area contributed by atoms with Crippen LogP contribution in [0.3, 0.4) is 0 Å². The van der Waals surface area contributed by atoms with Gasteiger partial charge in [-0.25, -0.2) is 9.78 Å². The molecule has 3 aromatic rings. The molecule has 0 atom stereocenters. The summed E-state index contributed by atoms with van der Waals surface area (Å²) in [5.41, 5.74) is 16.7. The lowest BCUT2D eigenvalue weighted by atomic mass is 10.0. The Labute approximate surface area is 203 Å². The maximum Gasteiger partial charge on any atom is 0.327 e. The van der Waals surface area contributed by atoms with Crippen molar-refractivity contribution in [3.8, 4) is 0 Å². The summed E-state index contributed by atoms with van der Waals surface area (Å²) < 4.78 is 1.79. The third-order valence-corrected chi connectivity index (χ3v) is 6.85. The Morgan fingerprint density at radius 1 is 1.14 bits per heavy atom. The van der Waals surface area contributed by atoms with Crippen LogP contribution >= 0.6 is 0 Å². The number of nitrogens with zero attached hydrogens (tertiary/aromatic N) is 4. The molecule has 0 spiro atoms. The number of para-hydroxylation sites is 1. The van der Waals surface area contributed by atoms with Crippen molar-refractivity contribution in [3.05, 3.63) is 94.5 Å². The normalized spacial score (nSPS) is 17.1. The van der Waals surface area contributed by atoms with Gasteiger partial charge in [0.05, 0.1) is 16.9 Å². The molecule has 2 aliphatic heterocycles. The van der Waals surface area contributed by atoms with E-state index in [9.17, 15) is 9.59 Å². The van der Waals surface area contributed by atoms with Crippen molar-refractivity contribution in [3.63, 3.8) is 0 Å². The van der Waals surface area contributed by atoms with E-state index in [0.717, 1.165) is 36.0 Å². The number of nitrogens with one attached hydrogen (secondary N) is 1. The molecule has 0 saturated carbocycles. The number of anilines is 1. The number of imidazole rings is 1. The first-order valence-corrected chi connectivity index (χ1v) is 11.8. The zero-order valence-corrected chi connectivity index (χ0v) is 19.5. The number of piperidine rings is 1. The Balaban J connectivity index is 1.34. The van der Waals surface area contributed by atoms with Gasteiger partial charge in [0.1, 0.15) is 0 Å². The quantitative estimate of drug-likeness (QED) is 0.387. The number of aromatic nitrogens is 3. The Bertz CT molecular complexity index is 1410. The Hall–Kier alpha value is -4.27. The Morgan fingerprint density at radius 2 is 1.91 bits per heavy atom. The molecular formula is C26H29N7O2. The van der Waals surface area contributed by atoms with Crippen LogP contribution in [0.15, 0.2) is 83.2 Å². The largest absolute Gasteiger partial charge is 0.403 e. The Kier molecular flexibility index (Phi) is 5.90. The molecule has 0 bridgehead atoms. The van der Waals surface area contributed by atoms with Gasteiger partial charge in [-0.3, -0.25) is 14.3 Å². The van der Waals surface area contributed by atoms with Crippen LogP contribution in [-0.2, 0) is 11.2 Å². The van der Waals surface area contributed by atoms with Crippen molar-refractivity contribution < 1.29 is 4.79 Å². The number of benzene rings is 1. The number of nitrogens with two attached hydrogens (primary N) is 2. The molecule has 2 aliphatic rings. The van der Waals surface area contributed by atoms with E-state index in [0.29, 0.717) is 42.2 Å². The lowest BCUT2D eigenvalue weighted by Gasteiger charge is -2.35. The minimum absolute atomic E-state index is 0.0342. The summed E-state index contributed by atoms with van der Waals surface area (Å²) >= 11 is 0. The number of fused-ring (bicyclic) bond motifs is 2. The van der Waals surface area contributed by atoms with E-state index >= 15 is 0 Å². The topological polar surface area (TPSA) is 126 Å². The summed E-state index contributed by atoms with van der Waals surface area (Å²) in [6.07, 6.45) is 7.03. The smallest absolute Gasteiger partial charge is 0.327 e. The molecule has 1 amide bonds. The fourth-order valence-electron chi connectivity index (χ4n) is 5.08. The first-order chi connectivity index (χ1) is 17.0. The van der Waals surface area contributed by atoms with Crippen molar-refractivity contribution in [2.75, 3.05) is 24.5 Å². The molecule has 180 valence electrons. The second kappa shape index (κ2) is 9.17. The number of hydrogen-bond acceptors (Lipinski definition) is 6. The van der Waals surface area contributed by atoms with E-state index in [2.05, 4.69) is 21.4 Å². The number of carbonyl (C=O) groups is 1. The molecule has 1 fully saturated rings. The molecule has 35 heavy (non-hydrogen) atoms. The SMILES string of the molecule is C=C(/C=C(\C(N)=C/N)N1CCC(n2c(=O)[nH]c3ncccc32)CC1)C(=O)N1CCc2ccccc21. The molecule has 4 heterocycles. The molecule has 0 unspecified atom stereocenters. The van der Waals surface area contributed by atoms with Crippen LogP contribution in [-0.4, -0.2) is 45.0 Å². The van der Waals surface area contributed by atoms with Crippen LogP contribution in [0.5, 0.6) is 0 Å². The molecule has 0 radical (unpaired) electrons. The van der Waals surface area contributed by atoms with Crippen molar-refractivity contribution in [1.29, 1.82) is 0 Å². The Morgan fingerprint density at radius 3 is 2.69 bits per heavy atom. The zero-order chi connectivity index (χ0) is 24.5.